The third kappa shape index (κ3) is 4.16. The lowest BCUT2D eigenvalue weighted by Gasteiger charge is -2.39. The largest absolute Gasteiger partial charge is 0.333 e. The quantitative estimate of drug-likeness (QED) is 0.856. The van der Waals surface area contributed by atoms with E-state index in [0.29, 0.717) is 11.3 Å². The maximum Gasteiger partial charge on any atom is 0.261 e. The van der Waals surface area contributed by atoms with Crippen LogP contribution in [0.3, 0.4) is 0 Å². The van der Waals surface area contributed by atoms with Gasteiger partial charge in [-0.05, 0) is 64.3 Å². The molecule has 1 aliphatic heterocycles. The Morgan fingerprint density at radius 2 is 1.59 bits per heavy atom. The van der Waals surface area contributed by atoms with Crippen molar-refractivity contribution >= 4 is 21.6 Å². The summed E-state index contributed by atoms with van der Waals surface area (Å²) in [7, 11) is -3.76. The predicted octanol–water partition coefficient (Wildman–Crippen LogP) is 4.20. The molecule has 144 valence electrons. The van der Waals surface area contributed by atoms with Crippen LogP contribution in [0, 0.1) is 6.92 Å². The van der Waals surface area contributed by atoms with Crippen LogP contribution in [0.2, 0.25) is 0 Å². The molecule has 0 spiro atoms. The summed E-state index contributed by atoms with van der Waals surface area (Å²) in [6.07, 6.45) is 3.04. The number of carbonyl (C=O) groups is 1. The molecule has 0 radical (unpaired) electrons. The van der Waals surface area contributed by atoms with Crippen molar-refractivity contribution in [2.45, 2.75) is 57.0 Å². The second kappa shape index (κ2) is 7.72. The van der Waals surface area contributed by atoms with Crippen molar-refractivity contribution in [2.75, 3.05) is 4.72 Å². The molecule has 1 heterocycles. The van der Waals surface area contributed by atoms with Crippen molar-refractivity contribution in [3.8, 4) is 0 Å². The van der Waals surface area contributed by atoms with Gasteiger partial charge in [0, 0.05) is 12.1 Å². The molecule has 0 saturated carbocycles. The first-order chi connectivity index (χ1) is 12.8. The van der Waals surface area contributed by atoms with Gasteiger partial charge in [0.1, 0.15) is 0 Å². The number of hydrogen-bond donors (Lipinski definition) is 1. The molecule has 27 heavy (non-hydrogen) atoms. The van der Waals surface area contributed by atoms with Gasteiger partial charge in [0.15, 0.2) is 0 Å². The van der Waals surface area contributed by atoms with Gasteiger partial charge in [0.05, 0.1) is 16.1 Å². The molecular weight excluding hydrogens is 360 g/mol. The number of amides is 1. The molecular formula is C21H26N2O3S. The molecule has 2 atom stereocenters. The Balaban J connectivity index is 1.92. The minimum atomic E-state index is -3.76. The van der Waals surface area contributed by atoms with Crippen LogP contribution in [0.1, 0.15) is 49.0 Å². The number of nitrogens with one attached hydrogen (secondary N) is 1. The second-order valence-corrected chi connectivity index (χ2v) is 8.99. The van der Waals surface area contributed by atoms with Gasteiger partial charge < -0.3 is 4.90 Å². The molecule has 3 rings (SSSR count). The van der Waals surface area contributed by atoms with Crippen LogP contribution in [0.5, 0.6) is 0 Å². The van der Waals surface area contributed by atoms with Crippen molar-refractivity contribution in [3.63, 3.8) is 0 Å². The summed E-state index contributed by atoms with van der Waals surface area (Å²) < 4.78 is 28.1. The van der Waals surface area contributed by atoms with Crippen LogP contribution < -0.4 is 4.72 Å². The smallest absolute Gasteiger partial charge is 0.261 e. The highest BCUT2D eigenvalue weighted by molar-refractivity contribution is 7.92. The van der Waals surface area contributed by atoms with Gasteiger partial charge in [-0.2, -0.15) is 0 Å². The molecule has 2 aromatic rings. The standard InChI is InChI=1S/C21H26N2O3S/c1-15-11-13-18(14-12-15)27(25,26)22-20-10-5-4-9-19(20)21(24)23-16(2)7-6-8-17(23)3/h4-5,9-14,16-17,22H,6-8H2,1-3H3. The molecule has 1 aliphatic rings. The number of likely N-dealkylation sites (tertiary alicyclic amines) is 1. The zero-order valence-electron chi connectivity index (χ0n) is 16.0. The zero-order chi connectivity index (χ0) is 19.6. The van der Waals surface area contributed by atoms with Crippen molar-refractivity contribution in [1.82, 2.24) is 4.90 Å². The number of aryl methyl sites for hydroxylation is 1. The maximum atomic E-state index is 13.2. The molecule has 1 amide bonds. The Bertz CT molecular complexity index is 913. The van der Waals surface area contributed by atoms with Gasteiger partial charge in [-0.3, -0.25) is 9.52 Å². The minimum Gasteiger partial charge on any atom is -0.333 e. The first kappa shape index (κ1) is 19.4. The number of rotatable bonds is 4. The molecule has 2 aromatic carbocycles. The average Bonchev–Trinajstić information content (AvgIpc) is 2.62. The van der Waals surface area contributed by atoms with Crippen LogP contribution in [0.15, 0.2) is 53.4 Å². The fourth-order valence-corrected chi connectivity index (χ4v) is 4.72. The lowest BCUT2D eigenvalue weighted by molar-refractivity contribution is 0.0512. The van der Waals surface area contributed by atoms with E-state index in [0.717, 1.165) is 24.8 Å². The van der Waals surface area contributed by atoms with Gasteiger partial charge in [-0.1, -0.05) is 29.8 Å². The van der Waals surface area contributed by atoms with E-state index in [1.807, 2.05) is 25.7 Å². The zero-order valence-corrected chi connectivity index (χ0v) is 16.8. The van der Waals surface area contributed by atoms with Gasteiger partial charge in [-0.15, -0.1) is 0 Å². The molecule has 1 saturated heterocycles. The van der Waals surface area contributed by atoms with Crippen molar-refractivity contribution in [1.29, 1.82) is 0 Å². The highest BCUT2D eigenvalue weighted by atomic mass is 32.2. The minimum absolute atomic E-state index is 0.128. The summed E-state index contributed by atoms with van der Waals surface area (Å²) in [5.41, 5.74) is 1.68. The van der Waals surface area contributed by atoms with E-state index in [-0.39, 0.29) is 22.9 Å². The molecule has 2 unspecified atom stereocenters. The number of sulfonamides is 1. The predicted molar refractivity (Wildman–Crippen MR) is 107 cm³/mol. The number of anilines is 1. The molecule has 1 fully saturated rings. The SMILES string of the molecule is Cc1ccc(S(=O)(=O)Nc2ccccc2C(=O)N2C(C)CCCC2C)cc1. The topological polar surface area (TPSA) is 66.5 Å². The highest BCUT2D eigenvalue weighted by Crippen LogP contribution is 2.28. The second-order valence-electron chi connectivity index (χ2n) is 7.31. The number of nitrogens with zero attached hydrogens (tertiary/aromatic N) is 1. The Hall–Kier alpha value is -2.34. The summed E-state index contributed by atoms with van der Waals surface area (Å²) in [6.45, 7) is 6.00. The van der Waals surface area contributed by atoms with Crippen molar-refractivity contribution in [3.05, 3.63) is 59.7 Å². The Kier molecular flexibility index (Phi) is 5.56. The molecule has 6 heteroatoms. The molecule has 5 nitrogen and oxygen atoms in total. The van der Waals surface area contributed by atoms with Crippen LogP contribution in [-0.4, -0.2) is 31.3 Å². The fourth-order valence-electron chi connectivity index (χ4n) is 3.64. The summed E-state index contributed by atoms with van der Waals surface area (Å²) in [4.78, 5) is 15.3. The number of hydrogen-bond acceptors (Lipinski definition) is 3. The van der Waals surface area contributed by atoms with Crippen molar-refractivity contribution < 1.29 is 13.2 Å². The lowest BCUT2D eigenvalue weighted by Crippen LogP contribution is -2.47. The van der Waals surface area contributed by atoms with Gasteiger partial charge in [0.25, 0.3) is 15.9 Å². The first-order valence-electron chi connectivity index (χ1n) is 9.31. The molecule has 0 bridgehead atoms. The van der Waals surface area contributed by atoms with Crippen LogP contribution in [-0.2, 0) is 10.0 Å². The molecule has 0 aliphatic carbocycles. The number of benzene rings is 2. The molecule has 1 N–H and O–H groups in total. The van der Waals surface area contributed by atoms with E-state index in [9.17, 15) is 13.2 Å². The van der Waals surface area contributed by atoms with E-state index < -0.39 is 10.0 Å². The van der Waals surface area contributed by atoms with Gasteiger partial charge >= 0.3 is 0 Å². The average molecular weight is 387 g/mol. The summed E-state index contributed by atoms with van der Waals surface area (Å²) in [5, 5.41) is 0. The monoisotopic (exact) mass is 386 g/mol. The normalized spacial score (nSPS) is 20.3. The van der Waals surface area contributed by atoms with Crippen LogP contribution >= 0.6 is 0 Å². The third-order valence-electron chi connectivity index (χ3n) is 5.16. The summed E-state index contributed by atoms with van der Waals surface area (Å²) >= 11 is 0. The summed E-state index contributed by atoms with van der Waals surface area (Å²) in [6, 6.07) is 13.7. The van der Waals surface area contributed by atoms with E-state index in [2.05, 4.69) is 4.72 Å². The van der Waals surface area contributed by atoms with E-state index >= 15 is 0 Å². The number of carbonyl (C=O) groups excluding carboxylic acids is 1. The number of para-hydroxylation sites is 1. The number of piperidine rings is 1. The Morgan fingerprint density at radius 1 is 1.00 bits per heavy atom. The highest BCUT2D eigenvalue weighted by Gasteiger charge is 2.31. The van der Waals surface area contributed by atoms with Gasteiger partial charge in [0.2, 0.25) is 0 Å². The Labute approximate surface area is 161 Å². The first-order valence-corrected chi connectivity index (χ1v) is 10.8. The summed E-state index contributed by atoms with van der Waals surface area (Å²) in [5.74, 6) is -0.128. The van der Waals surface area contributed by atoms with Crippen LogP contribution in [0.25, 0.3) is 0 Å². The van der Waals surface area contributed by atoms with Crippen molar-refractivity contribution in [2.24, 2.45) is 0 Å². The van der Waals surface area contributed by atoms with Gasteiger partial charge in [-0.25, -0.2) is 8.42 Å². The fraction of sp³-hybridized carbons (Fsp3) is 0.381. The molecule has 0 aromatic heterocycles. The van der Waals surface area contributed by atoms with E-state index in [4.69, 9.17) is 0 Å². The van der Waals surface area contributed by atoms with Crippen LogP contribution in [0.4, 0.5) is 5.69 Å². The lowest BCUT2D eigenvalue weighted by atomic mass is 9.96. The third-order valence-corrected chi connectivity index (χ3v) is 6.54. The Morgan fingerprint density at radius 3 is 2.22 bits per heavy atom. The van der Waals surface area contributed by atoms with E-state index in [1.54, 1.807) is 48.5 Å². The maximum absolute atomic E-state index is 13.2. The van der Waals surface area contributed by atoms with E-state index in [1.165, 1.54) is 0 Å².